The number of alkyl carbamates (subject to hydrolysis) is 2. The Morgan fingerprint density at radius 2 is 0.954 bits per heavy atom. The highest BCUT2D eigenvalue weighted by molar-refractivity contribution is 5.87. The van der Waals surface area contributed by atoms with E-state index in [1.54, 1.807) is 7.11 Å². The van der Waals surface area contributed by atoms with E-state index < -0.39 is 24.3 Å². The lowest BCUT2D eigenvalue weighted by Crippen LogP contribution is -2.51. The number of carbonyl (C=O) groups is 4. The van der Waals surface area contributed by atoms with Gasteiger partial charge in [0.2, 0.25) is 11.8 Å². The first-order valence-electron chi connectivity index (χ1n) is 22.7. The molecule has 1 saturated carbocycles. The molecule has 3 aromatic carbocycles. The maximum atomic E-state index is 13.7. The van der Waals surface area contributed by atoms with Crippen LogP contribution in [0, 0.1) is 11.8 Å². The first-order chi connectivity index (χ1) is 31.4. The van der Waals surface area contributed by atoms with E-state index in [1.807, 2.05) is 62.0 Å². The number of ether oxygens (including phenoxy) is 3. The number of methoxy groups -OCH3 is 3. The Morgan fingerprint density at radius 3 is 1.29 bits per heavy atom. The number of H-pyrrole nitrogens is 2. The molecule has 8 rings (SSSR count). The molecule has 342 valence electrons. The van der Waals surface area contributed by atoms with Crippen molar-refractivity contribution in [3.8, 4) is 28.3 Å². The van der Waals surface area contributed by atoms with Crippen molar-refractivity contribution in [2.45, 2.75) is 95.3 Å². The lowest BCUT2D eigenvalue weighted by Gasteiger charge is -2.29. The van der Waals surface area contributed by atoms with Crippen LogP contribution < -0.4 is 15.4 Å². The second-order valence-corrected chi connectivity index (χ2v) is 18.0. The Bertz CT molecular complexity index is 2320. The Hall–Kier alpha value is -6.64. The molecule has 4 heterocycles. The normalized spacial score (nSPS) is 21.3. The Balaban J connectivity index is 0.984. The highest BCUT2D eigenvalue weighted by Gasteiger charge is 2.52. The van der Waals surface area contributed by atoms with Crippen LogP contribution in [0.5, 0.6) is 5.75 Å². The van der Waals surface area contributed by atoms with Crippen LogP contribution >= 0.6 is 0 Å². The van der Waals surface area contributed by atoms with Crippen molar-refractivity contribution in [2.24, 2.45) is 11.8 Å². The summed E-state index contributed by atoms with van der Waals surface area (Å²) in [5.41, 5.74) is 7.27. The van der Waals surface area contributed by atoms with Crippen LogP contribution in [-0.2, 0) is 19.1 Å². The smallest absolute Gasteiger partial charge is 0.407 e. The number of likely N-dealkylation sites (tertiary alicyclic amines) is 2. The van der Waals surface area contributed by atoms with Crippen LogP contribution in [0.15, 0.2) is 85.2 Å². The molecule has 4 amide bonds. The third kappa shape index (κ3) is 9.32. The summed E-state index contributed by atoms with van der Waals surface area (Å²) in [5.74, 6) is 2.52. The van der Waals surface area contributed by atoms with Gasteiger partial charge in [-0.1, -0.05) is 88.4 Å². The molecular weight excluding hydrogens is 825 g/mol. The zero-order chi connectivity index (χ0) is 45.9. The van der Waals surface area contributed by atoms with Gasteiger partial charge in [-0.3, -0.25) is 9.59 Å². The van der Waals surface area contributed by atoms with Gasteiger partial charge in [0.1, 0.15) is 29.5 Å². The molecule has 15 heteroatoms. The van der Waals surface area contributed by atoms with Crippen LogP contribution in [0.25, 0.3) is 22.5 Å². The highest BCUT2D eigenvalue weighted by atomic mass is 16.5. The second kappa shape index (κ2) is 19.2. The number of aromatic nitrogens is 4. The van der Waals surface area contributed by atoms with Crippen LogP contribution in [-0.4, -0.2) is 100 Å². The fourth-order valence-electron chi connectivity index (χ4n) is 9.83. The predicted molar refractivity (Wildman–Crippen MR) is 245 cm³/mol. The molecule has 0 spiro atoms. The zero-order valence-electron chi connectivity index (χ0n) is 38.2. The van der Waals surface area contributed by atoms with Gasteiger partial charge in [0.15, 0.2) is 0 Å². The first kappa shape index (κ1) is 44.9. The first-order valence-corrected chi connectivity index (χ1v) is 22.7. The number of carbonyl (C=O) groups excluding carboxylic acids is 4. The van der Waals surface area contributed by atoms with E-state index in [9.17, 15) is 19.2 Å². The van der Waals surface area contributed by atoms with Crippen molar-refractivity contribution < 1.29 is 33.4 Å². The van der Waals surface area contributed by atoms with Gasteiger partial charge >= 0.3 is 12.2 Å². The lowest BCUT2D eigenvalue weighted by atomic mass is 10.0. The summed E-state index contributed by atoms with van der Waals surface area (Å²) in [6, 6.07) is 23.8. The van der Waals surface area contributed by atoms with Crippen LogP contribution in [0.3, 0.4) is 0 Å². The SMILES string of the molecule is COC(=O)N[C@H](C(=O)N1CCC[C@H]1c1nc(-c2ccc(C3C(c4ccc(OC)cc4)C3c3ccc(-c4c[nH]c([C@@H]5CCCN5C(=O)[C@@H](NC(=O)OC)C(C)C)n4)cc3)cc2)c[nH]1)C(C)C. The van der Waals surface area contributed by atoms with Crippen molar-refractivity contribution in [1.82, 2.24) is 40.4 Å². The summed E-state index contributed by atoms with van der Waals surface area (Å²) >= 11 is 0. The van der Waals surface area contributed by atoms with Crippen molar-refractivity contribution in [2.75, 3.05) is 34.4 Å². The van der Waals surface area contributed by atoms with E-state index in [0.717, 1.165) is 65.6 Å². The van der Waals surface area contributed by atoms with Gasteiger partial charge in [-0.25, -0.2) is 19.6 Å². The molecular formula is C50H60N8O7. The molecule has 2 aromatic heterocycles. The molecule has 5 aromatic rings. The molecule has 2 saturated heterocycles. The van der Waals surface area contributed by atoms with E-state index in [-0.39, 0.29) is 53.5 Å². The number of rotatable bonds is 14. The molecule has 4 N–H and O–H groups in total. The summed E-state index contributed by atoms with van der Waals surface area (Å²) in [5, 5.41) is 5.43. The molecule has 2 aliphatic heterocycles. The standard InChI is InChI=1S/C50H60N8O7/c1-28(2)43(55-49(61)64-6)47(59)57-24-8-10-38(57)45-51-26-36(53-45)30-12-16-32(17-13-30)40-41(42(40)34-20-22-35(63-5)23-21-34)33-18-14-31(15-19-33)37-27-52-46(54-37)39-11-9-25-58(39)48(60)44(29(3)4)56-50(62)65-7/h12-23,26-29,38-44H,8-11,24-25H2,1-7H3,(H,51,53)(H,52,54)(H,55,61)(H,56,62)/t38-,39-,40?,41?,42?,43-,44-/m0/s1. The van der Waals surface area contributed by atoms with E-state index in [0.29, 0.717) is 13.1 Å². The third-order valence-corrected chi connectivity index (χ3v) is 13.4. The summed E-state index contributed by atoms with van der Waals surface area (Å²) in [7, 11) is 4.27. The average molecular weight is 885 g/mol. The van der Waals surface area contributed by atoms with Gasteiger partial charge in [0, 0.05) is 36.6 Å². The second-order valence-electron chi connectivity index (χ2n) is 18.0. The molecule has 6 atom stereocenters. The topological polar surface area (TPSA) is 184 Å². The molecule has 15 nitrogen and oxygen atoms in total. The number of nitrogens with one attached hydrogen (secondary N) is 4. The quantitative estimate of drug-likeness (QED) is 0.0854. The van der Waals surface area contributed by atoms with Gasteiger partial charge in [-0.2, -0.15) is 0 Å². The molecule has 0 bridgehead atoms. The summed E-state index contributed by atoms with van der Waals surface area (Å²) < 4.78 is 15.1. The highest BCUT2D eigenvalue weighted by Crippen LogP contribution is 2.66. The molecule has 3 aliphatic rings. The number of nitrogens with zero attached hydrogens (tertiary/aromatic N) is 4. The number of benzene rings is 3. The molecule has 3 fully saturated rings. The van der Waals surface area contributed by atoms with Gasteiger partial charge in [-0.05, 0) is 84.1 Å². The number of aromatic amines is 2. The van der Waals surface area contributed by atoms with E-state index in [4.69, 9.17) is 24.2 Å². The minimum absolute atomic E-state index is 0.114. The number of hydrogen-bond donors (Lipinski definition) is 4. The number of imidazole rings is 2. The van der Waals surface area contributed by atoms with E-state index >= 15 is 0 Å². The molecule has 1 aliphatic carbocycles. The van der Waals surface area contributed by atoms with Crippen LogP contribution in [0.4, 0.5) is 9.59 Å². The Morgan fingerprint density at radius 1 is 0.585 bits per heavy atom. The van der Waals surface area contributed by atoms with E-state index in [2.05, 4.69) is 81.3 Å². The minimum Gasteiger partial charge on any atom is -0.497 e. The summed E-state index contributed by atoms with van der Waals surface area (Å²) in [6.07, 6.45) is 5.79. The van der Waals surface area contributed by atoms with Crippen molar-refractivity contribution >= 4 is 24.0 Å². The fraction of sp³-hybridized carbons (Fsp3) is 0.440. The van der Waals surface area contributed by atoms with Gasteiger partial charge in [0.25, 0.3) is 0 Å². The summed E-state index contributed by atoms with van der Waals surface area (Å²) in [6.45, 7) is 8.81. The van der Waals surface area contributed by atoms with E-state index in [1.165, 1.54) is 30.9 Å². The van der Waals surface area contributed by atoms with Crippen molar-refractivity contribution in [3.63, 3.8) is 0 Å². The average Bonchev–Trinajstić information content (AvgIpc) is 3.96. The molecule has 0 radical (unpaired) electrons. The van der Waals surface area contributed by atoms with Crippen LogP contribution in [0.1, 0.15) is 112 Å². The number of amides is 4. The fourth-order valence-corrected chi connectivity index (χ4v) is 9.83. The predicted octanol–water partition coefficient (Wildman–Crippen LogP) is 8.23. The van der Waals surface area contributed by atoms with Crippen LogP contribution in [0.2, 0.25) is 0 Å². The Kier molecular flexibility index (Phi) is 13.3. The van der Waals surface area contributed by atoms with Crippen molar-refractivity contribution in [1.29, 1.82) is 0 Å². The minimum atomic E-state index is -0.697. The van der Waals surface area contributed by atoms with Crippen molar-refractivity contribution in [3.05, 3.63) is 114 Å². The summed E-state index contributed by atoms with van der Waals surface area (Å²) in [4.78, 5) is 71.8. The maximum absolute atomic E-state index is 13.7. The monoisotopic (exact) mass is 884 g/mol. The molecule has 65 heavy (non-hydrogen) atoms. The largest absolute Gasteiger partial charge is 0.497 e. The van der Waals surface area contributed by atoms with Gasteiger partial charge in [-0.15, -0.1) is 0 Å². The Labute approximate surface area is 380 Å². The zero-order valence-corrected chi connectivity index (χ0v) is 38.2. The lowest BCUT2D eigenvalue weighted by molar-refractivity contribution is -0.136. The maximum Gasteiger partial charge on any atom is 0.407 e. The number of hydrogen-bond acceptors (Lipinski definition) is 9. The molecule has 2 unspecified atom stereocenters. The third-order valence-electron chi connectivity index (χ3n) is 13.4. The van der Waals surface area contributed by atoms with Gasteiger partial charge < -0.3 is 44.6 Å². The van der Waals surface area contributed by atoms with Gasteiger partial charge in [0.05, 0.1) is 44.8 Å².